The van der Waals surface area contributed by atoms with E-state index in [1.807, 2.05) is 50.2 Å². The van der Waals surface area contributed by atoms with Crippen LogP contribution < -0.4 is 10.1 Å². The molecule has 0 atom stereocenters. The Morgan fingerprint density at radius 1 is 1.17 bits per heavy atom. The summed E-state index contributed by atoms with van der Waals surface area (Å²) in [4.78, 5) is 20.2. The van der Waals surface area contributed by atoms with Crippen molar-refractivity contribution in [1.29, 1.82) is 0 Å². The van der Waals surface area contributed by atoms with Crippen molar-refractivity contribution in [3.63, 3.8) is 0 Å². The number of nitrogens with one attached hydrogen (secondary N) is 2. The minimum absolute atomic E-state index is 0.0936. The predicted molar refractivity (Wildman–Crippen MR) is 112 cm³/mol. The number of carbonyl (C=O) groups is 1. The third kappa shape index (κ3) is 4.16. The zero-order chi connectivity index (χ0) is 20.4. The molecule has 4 aromatic rings. The van der Waals surface area contributed by atoms with Gasteiger partial charge in [-0.2, -0.15) is 0 Å². The Hall–Kier alpha value is -3.54. The van der Waals surface area contributed by atoms with E-state index in [2.05, 4.69) is 27.4 Å². The van der Waals surface area contributed by atoms with E-state index in [9.17, 15) is 4.79 Å². The molecule has 0 saturated heterocycles. The average molecular weight is 389 g/mol. The van der Waals surface area contributed by atoms with Crippen LogP contribution in [0.15, 0.2) is 52.9 Å². The lowest BCUT2D eigenvalue weighted by Gasteiger charge is -2.05. The number of hydrogen-bond donors (Lipinski definition) is 2. The molecular formula is C23H23N3O3. The number of rotatable bonds is 6. The second kappa shape index (κ2) is 7.83. The number of oxazole rings is 1. The number of carbonyl (C=O) groups excluding carboxylic acids is 1. The first-order chi connectivity index (χ1) is 14.0. The van der Waals surface area contributed by atoms with Gasteiger partial charge >= 0.3 is 0 Å². The molecule has 6 heteroatoms. The largest absolute Gasteiger partial charge is 0.497 e. The standard InChI is InChI=1S/C23H23N3O3/c1-14-9-18-10-16(7-8-20(18)25-14)13-24-22(27)12-21-15(2)29-23(26-21)17-5-4-6-19(11-17)28-3/h4-11,25H,12-13H2,1-3H3,(H,24,27). The van der Waals surface area contributed by atoms with Crippen LogP contribution in [0.5, 0.6) is 5.75 Å². The summed E-state index contributed by atoms with van der Waals surface area (Å²) in [5.41, 5.74) is 4.72. The minimum atomic E-state index is -0.0936. The Balaban J connectivity index is 1.41. The van der Waals surface area contributed by atoms with Gasteiger partial charge in [0.25, 0.3) is 0 Å². The highest BCUT2D eigenvalue weighted by molar-refractivity contribution is 5.82. The fourth-order valence-corrected chi connectivity index (χ4v) is 3.32. The van der Waals surface area contributed by atoms with Crippen molar-refractivity contribution in [3.05, 3.63) is 71.2 Å². The monoisotopic (exact) mass is 389 g/mol. The van der Waals surface area contributed by atoms with Crippen LogP contribution in [0.25, 0.3) is 22.4 Å². The molecule has 148 valence electrons. The molecule has 1 amide bonds. The summed E-state index contributed by atoms with van der Waals surface area (Å²) in [6.07, 6.45) is 0.171. The number of amides is 1. The number of ether oxygens (including phenoxy) is 1. The molecule has 0 unspecified atom stereocenters. The average Bonchev–Trinajstić information content (AvgIpc) is 3.27. The Morgan fingerprint density at radius 3 is 2.86 bits per heavy atom. The second-order valence-corrected chi connectivity index (χ2v) is 7.08. The van der Waals surface area contributed by atoms with Gasteiger partial charge in [0.2, 0.25) is 11.8 Å². The number of aromatic nitrogens is 2. The lowest BCUT2D eigenvalue weighted by atomic mass is 10.1. The highest BCUT2D eigenvalue weighted by Gasteiger charge is 2.15. The van der Waals surface area contributed by atoms with Gasteiger partial charge in [0.1, 0.15) is 11.5 Å². The Morgan fingerprint density at radius 2 is 2.03 bits per heavy atom. The molecule has 6 nitrogen and oxygen atoms in total. The van der Waals surface area contributed by atoms with Crippen molar-refractivity contribution in [2.75, 3.05) is 7.11 Å². The smallest absolute Gasteiger partial charge is 0.226 e. The van der Waals surface area contributed by atoms with Crippen molar-refractivity contribution in [1.82, 2.24) is 15.3 Å². The minimum Gasteiger partial charge on any atom is -0.497 e. The van der Waals surface area contributed by atoms with Gasteiger partial charge in [-0.3, -0.25) is 4.79 Å². The van der Waals surface area contributed by atoms with Crippen LogP contribution in [0, 0.1) is 13.8 Å². The maximum absolute atomic E-state index is 12.4. The van der Waals surface area contributed by atoms with Gasteiger partial charge in [-0.25, -0.2) is 4.98 Å². The third-order valence-corrected chi connectivity index (χ3v) is 4.85. The zero-order valence-electron chi connectivity index (χ0n) is 16.7. The van der Waals surface area contributed by atoms with E-state index >= 15 is 0 Å². The number of hydrogen-bond acceptors (Lipinski definition) is 4. The highest BCUT2D eigenvalue weighted by Crippen LogP contribution is 2.25. The van der Waals surface area contributed by atoms with Crippen molar-refractivity contribution in [3.8, 4) is 17.2 Å². The van der Waals surface area contributed by atoms with Crippen LogP contribution in [-0.4, -0.2) is 23.0 Å². The number of aromatic amines is 1. The van der Waals surface area contributed by atoms with E-state index in [0.717, 1.165) is 33.5 Å². The Bertz CT molecular complexity index is 1170. The van der Waals surface area contributed by atoms with Crippen LogP contribution in [0.4, 0.5) is 0 Å². The molecule has 0 aliphatic rings. The first-order valence-electron chi connectivity index (χ1n) is 9.47. The molecule has 0 bridgehead atoms. The molecule has 2 heterocycles. The number of benzene rings is 2. The van der Waals surface area contributed by atoms with Crippen LogP contribution >= 0.6 is 0 Å². The molecule has 4 rings (SSSR count). The molecular weight excluding hydrogens is 366 g/mol. The number of aryl methyl sites for hydroxylation is 2. The Labute approximate surface area is 168 Å². The highest BCUT2D eigenvalue weighted by atomic mass is 16.5. The molecule has 0 spiro atoms. The van der Waals surface area contributed by atoms with E-state index in [-0.39, 0.29) is 12.3 Å². The van der Waals surface area contributed by atoms with Gasteiger partial charge in [0.15, 0.2) is 0 Å². The number of H-pyrrole nitrogens is 1. The van der Waals surface area contributed by atoms with Gasteiger partial charge < -0.3 is 19.5 Å². The first-order valence-corrected chi connectivity index (χ1v) is 9.47. The molecule has 2 aromatic carbocycles. The first kappa shape index (κ1) is 18.8. The van der Waals surface area contributed by atoms with Crippen molar-refractivity contribution >= 4 is 16.8 Å². The summed E-state index contributed by atoms with van der Waals surface area (Å²) in [6.45, 7) is 4.32. The summed E-state index contributed by atoms with van der Waals surface area (Å²) in [5, 5.41) is 4.11. The molecule has 0 fully saturated rings. The SMILES string of the molecule is COc1cccc(-c2nc(CC(=O)NCc3ccc4[nH]c(C)cc4c3)c(C)o2)c1. The van der Waals surface area contributed by atoms with Crippen molar-refractivity contribution in [2.24, 2.45) is 0 Å². The summed E-state index contributed by atoms with van der Waals surface area (Å²) < 4.78 is 11.0. The lowest BCUT2D eigenvalue weighted by Crippen LogP contribution is -2.24. The van der Waals surface area contributed by atoms with Gasteiger partial charge in [-0.15, -0.1) is 0 Å². The van der Waals surface area contributed by atoms with Crippen molar-refractivity contribution in [2.45, 2.75) is 26.8 Å². The van der Waals surface area contributed by atoms with Gasteiger partial charge in [0, 0.05) is 23.3 Å². The second-order valence-electron chi connectivity index (χ2n) is 7.08. The molecule has 2 N–H and O–H groups in total. The van der Waals surface area contributed by atoms with Gasteiger partial charge in [-0.1, -0.05) is 12.1 Å². The zero-order valence-corrected chi connectivity index (χ0v) is 16.7. The molecule has 0 aliphatic carbocycles. The van der Waals surface area contributed by atoms with E-state index in [0.29, 0.717) is 23.9 Å². The quantitative estimate of drug-likeness (QED) is 0.515. The van der Waals surface area contributed by atoms with Gasteiger partial charge in [-0.05, 0) is 61.2 Å². The fraction of sp³-hybridized carbons (Fsp3) is 0.217. The van der Waals surface area contributed by atoms with E-state index in [1.54, 1.807) is 7.11 Å². The van der Waals surface area contributed by atoms with E-state index in [1.165, 1.54) is 0 Å². The van der Waals surface area contributed by atoms with Crippen LogP contribution in [-0.2, 0) is 17.8 Å². The van der Waals surface area contributed by atoms with Crippen molar-refractivity contribution < 1.29 is 13.9 Å². The van der Waals surface area contributed by atoms with E-state index < -0.39 is 0 Å². The normalized spacial score (nSPS) is 11.0. The summed E-state index contributed by atoms with van der Waals surface area (Å²) in [5.74, 6) is 1.76. The molecule has 29 heavy (non-hydrogen) atoms. The van der Waals surface area contributed by atoms with E-state index in [4.69, 9.17) is 9.15 Å². The third-order valence-electron chi connectivity index (χ3n) is 4.85. The van der Waals surface area contributed by atoms with Crippen LogP contribution in [0.1, 0.15) is 22.7 Å². The fourth-order valence-electron chi connectivity index (χ4n) is 3.32. The Kier molecular flexibility index (Phi) is 5.08. The topological polar surface area (TPSA) is 80.1 Å². The maximum atomic E-state index is 12.4. The molecule has 0 aliphatic heterocycles. The van der Waals surface area contributed by atoms with Crippen LogP contribution in [0.3, 0.4) is 0 Å². The molecule has 0 saturated carbocycles. The molecule has 0 radical (unpaired) electrons. The number of nitrogens with zero attached hydrogens (tertiary/aromatic N) is 1. The summed E-state index contributed by atoms with van der Waals surface area (Å²) >= 11 is 0. The number of fused-ring (bicyclic) bond motifs is 1. The summed E-state index contributed by atoms with van der Waals surface area (Å²) in [7, 11) is 1.62. The van der Waals surface area contributed by atoms with Gasteiger partial charge in [0.05, 0.1) is 19.2 Å². The lowest BCUT2D eigenvalue weighted by molar-refractivity contribution is -0.120. The number of methoxy groups -OCH3 is 1. The predicted octanol–water partition coefficient (Wildman–Crippen LogP) is 4.31. The maximum Gasteiger partial charge on any atom is 0.226 e. The van der Waals surface area contributed by atoms with Crippen LogP contribution in [0.2, 0.25) is 0 Å². The summed E-state index contributed by atoms with van der Waals surface area (Å²) in [6, 6.07) is 15.7. The molecule has 2 aromatic heterocycles.